The molecular formula is C20H31N3O4. The number of carbonyl (C=O) groups excluding carboxylic acids is 2. The van der Waals surface area contributed by atoms with E-state index < -0.39 is 0 Å². The first kappa shape index (κ1) is 21.2. The number of methoxy groups -OCH3 is 1. The lowest BCUT2D eigenvalue weighted by atomic mass is 10.1. The monoisotopic (exact) mass is 377 g/mol. The van der Waals surface area contributed by atoms with E-state index in [1.165, 1.54) is 7.11 Å². The molecule has 1 aromatic carbocycles. The molecule has 27 heavy (non-hydrogen) atoms. The number of rotatable bonds is 9. The Kier molecular flexibility index (Phi) is 8.06. The van der Waals surface area contributed by atoms with Gasteiger partial charge in [-0.1, -0.05) is 6.92 Å². The summed E-state index contributed by atoms with van der Waals surface area (Å²) in [5.41, 5.74) is 2.69. The highest BCUT2D eigenvalue weighted by Crippen LogP contribution is 2.25. The summed E-state index contributed by atoms with van der Waals surface area (Å²) in [7, 11) is 5.42. The van der Waals surface area contributed by atoms with Gasteiger partial charge < -0.3 is 24.6 Å². The van der Waals surface area contributed by atoms with Gasteiger partial charge >= 0.3 is 0 Å². The Hall–Kier alpha value is -2.12. The van der Waals surface area contributed by atoms with E-state index in [0.29, 0.717) is 25.2 Å². The lowest BCUT2D eigenvalue weighted by Crippen LogP contribution is -2.36. The summed E-state index contributed by atoms with van der Waals surface area (Å²) < 4.78 is 10.6. The van der Waals surface area contributed by atoms with Crippen molar-refractivity contribution in [2.24, 2.45) is 0 Å². The molecule has 2 amide bonds. The third-order valence-corrected chi connectivity index (χ3v) is 4.58. The van der Waals surface area contributed by atoms with E-state index in [0.717, 1.165) is 30.7 Å². The van der Waals surface area contributed by atoms with Crippen molar-refractivity contribution in [2.45, 2.75) is 38.8 Å². The predicted octanol–water partition coefficient (Wildman–Crippen LogP) is 2.26. The van der Waals surface area contributed by atoms with Gasteiger partial charge in [0.25, 0.3) is 0 Å². The molecule has 7 nitrogen and oxygen atoms in total. The van der Waals surface area contributed by atoms with Crippen LogP contribution in [0.4, 0.5) is 11.4 Å². The largest absolute Gasteiger partial charge is 0.377 e. The molecule has 0 aromatic heterocycles. The van der Waals surface area contributed by atoms with Crippen molar-refractivity contribution < 1.29 is 19.1 Å². The zero-order valence-electron chi connectivity index (χ0n) is 16.8. The Morgan fingerprint density at radius 2 is 2.11 bits per heavy atom. The molecule has 150 valence electrons. The molecule has 1 saturated heterocycles. The zero-order valence-corrected chi connectivity index (χ0v) is 16.8. The molecule has 1 N–H and O–H groups in total. The van der Waals surface area contributed by atoms with E-state index in [4.69, 9.17) is 9.47 Å². The fourth-order valence-corrected chi connectivity index (χ4v) is 3.27. The number of anilines is 2. The van der Waals surface area contributed by atoms with Crippen molar-refractivity contribution in [1.29, 1.82) is 0 Å². The molecular weight excluding hydrogens is 346 g/mol. The summed E-state index contributed by atoms with van der Waals surface area (Å²) in [5.74, 6) is -0.106. The van der Waals surface area contributed by atoms with Crippen LogP contribution in [-0.4, -0.2) is 63.8 Å². The maximum absolute atomic E-state index is 12.5. The molecule has 0 bridgehead atoms. The Bertz CT molecular complexity index is 642. The van der Waals surface area contributed by atoms with Crippen molar-refractivity contribution in [2.75, 3.05) is 51.2 Å². The molecule has 1 fully saturated rings. The molecule has 0 spiro atoms. The summed E-state index contributed by atoms with van der Waals surface area (Å²) in [6, 6.07) is 5.74. The molecule has 1 aliphatic heterocycles. The summed E-state index contributed by atoms with van der Waals surface area (Å²) in [6.07, 6.45) is 2.59. The average molecular weight is 377 g/mol. The minimum absolute atomic E-state index is 0.00420. The molecule has 1 heterocycles. The first-order chi connectivity index (χ1) is 12.9. The Labute approximate surface area is 161 Å². The Morgan fingerprint density at radius 1 is 1.33 bits per heavy atom. The highest BCUT2D eigenvalue weighted by atomic mass is 16.5. The van der Waals surface area contributed by atoms with Crippen LogP contribution in [0.3, 0.4) is 0 Å². The number of carbonyl (C=O) groups is 2. The lowest BCUT2D eigenvalue weighted by molar-refractivity contribution is -0.133. The quantitative estimate of drug-likeness (QED) is 0.715. The van der Waals surface area contributed by atoms with Gasteiger partial charge in [-0.2, -0.15) is 0 Å². The van der Waals surface area contributed by atoms with Crippen molar-refractivity contribution in [3.05, 3.63) is 23.8 Å². The van der Waals surface area contributed by atoms with Gasteiger partial charge in [-0.25, -0.2) is 0 Å². The predicted molar refractivity (Wildman–Crippen MR) is 106 cm³/mol. The molecule has 2 rings (SSSR count). The second-order valence-electron chi connectivity index (χ2n) is 6.98. The lowest BCUT2D eigenvalue weighted by Gasteiger charge is -2.28. The topological polar surface area (TPSA) is 71.1 Å². The van der Waals surface area contributed by atoms with Crippen LogP contribution in [-0.2, 0) is 25.6 Å². The van der Waals surface area contributed by atoms with Gasteiger partial charge in [0.05, 0.1) is 6.10 Å². The van der Waals surface area contributed by atoms with E-state index in [9.17, 15) is 9.59 Å². The highest BCUT2D eigenvalue weighted by Gasteiger charge is 2.23. The number of ether oxygens (including phenoxy) is 2. The van der Waals surface area contributed by atoms with Crippen LogP contribution in [0, 0.1) is 0 Å². The second kappa shape index (κ2) is 10.3. The van der Waals surface area contributed by atoms with Crippen molar-refractivity contribution in [3.63, 3.8) is 0 Å². The fraction of sp³-hybridized carbons (Fsp3) is 0.600. The Balaban J connectivity index is 2.22. The van der Waals surface area contributed by atoms with Crippen LogP contribution in [0.15, 0.2) is 18.2 Å². The zero-order chi connectivity index (χ0) is 19.8. The fourth-order valence-electron chi connectivity index (χ4n) is 3.27. The van der Waals surface area contributed by atoms with Crippen LogP contribution in [0.25, 0.3) is 0 Å². The van der Waals surface area contributed by atoms with Gasteiger partial charge in [-0.15, -0.1) is 0 Å². The summed E-state index contributed by atoms with van der Waals surface area (Å²) >= 11 is 0. The van der Waals surface area contributed by atoms with Crippen molar-refractivity contribution in [3.8, 4) is 0 Å². The maximum Gasteiger partial charge on any atom is 0.250 e. The minimum Gasteiger partial charge on any atom is -0.377 e. The number of benzene rings is 1. The molecule has 1 unspecified atom stereocenters. The van der Waals surface area contributed by atoms with Gasteiger partial charge in [0.1, 0.15) is 6.61 Å². The van der Waals surface area contributed by atoms with Crippen molar-refractivity contribution in [1.82, 2.24) is 4.90 Å². The third kappa shape index (κ3) is 6.22. The SMILES string of the molecule is CCC(=O)N(Cc1cc(NC(=O)COC)ccc1N(C)C)CC1CCCO1. The highest BCUT2D eigenvalue weighted by molar-refractivity contribution is 5.92. The van der Waals surface area contributed by atoms with Crippen LogP contribution < -0.4 is 10.2 Å². The van der Waals surface area contributed by atoms with E-state index in [1.807, 2.05) is 49.0 Å². The number of nitrogens with one attached hydrogen (secondary N) is 1. The molecule has 1 atom stereocenters. The van der Waals surface area contributed by atoms with Crippen LogP contribution in [0.1, 0.15) is 31.7 Å². The summed E-state index contributed by atoms with van der Waals surface area (Å²) in [4.78, 5) is 28.2. The van der Waals surface area contributed by atoms with Crippen LogP contribution in [0.5, 0.6) is 0 Å². The molecule has 1 aromatic rings. The third-order valence-electron chi connectivity index (χ3n) is 4.58. The standard InChI is InChI=1S/C20H31N3O4/c1-5-20(25)23(13-17-7-6-10-27-17)12-15-11-16(21-19(24)14-26-4)8-9-18(15)22(2)3/h8-9,11,17H,5-7,10,12-14H2,1-4H3,(H,21,24). The first-order valence-electron chi connectivity index (χ1n) is 9.43. The van der Waals surface area contributed by atoms with Crippen LogP contribution >= 0.6 is 0 Å². The minimum atomic E-state index is -0.207. The summed E-state index contributed by atoms with van der Waals surface area (Å²) in [5, 5.41) is 2.83. The molecule has 1 aliphatic rings. The van der Waals surface area contributed by atoms with Crippen molar-refractivity contribution >= 4 is 23.2 Å². The summed E-state index contributed by atoms with van der Waals surface area (Å²) in [6.45, 7) is 3.72. The molecule has 0 saturated carbocycles. The number of nitrogens with zero attached hydrogens (tertiary/aromatic N) is 2. The maximum atomic E-state index is 12.5. The number of amides is 2. The Morgan fingerprint density at radius 3 is 2.70 bits per heavy atom. The van der Waals surface area contributed by atoms with Gasteiger partial charge in [0.15, 0.2) is 0 Å². The van der Waals surface area contributed by atoms with E-state index in [1.54, 1.807) is 0 Å². The normalized spacial score (nSPS) is 16.2. The van der Waals surface area contributed by atoms with Crippen LogP contribution in [0.2, 0.25) is 0 Å². The number of hydrogen-bond acceptors (Lipinski definition) is 5. The molecule has 7 heteroatoms. The number of hydrogen-bond donors (Lipinski definition) is 1. The van der Waals surface area contributed by atoms with E-state index >= 15 is 0 Å². The van der Waals surface area contributed by atoms with E-state index in [-0.39, 0.29) is 24.5 Å². The van der Waals surface area contributed by atoms with Gasteiger partial charge in [-0.05, 0) is 36.6 Å². The smallest absolute Gasteiger partial charge is 0.250 e. The molecule has 0 aliphatic carbocycles. The van der Waals surface area contributed by atoms with Gasteiger partial charge in [-0.3, -0.25) is 9.59 Å². The average Bonchev–Trinajstić information content (AvgIpc) is 3.13. The first-order valence-corrected chi connectivity index (χ1v) is 9.43. The van der Waals surface area contributed by atoms with Gasteiger partial charge in [0.2, 0.25) is 11.8 Å². The van der Waals surface area contributed by atoms with Gasteiger partial charge in [0, 0.05) is 58.7 Å². The second-order valence-corrected chi connectivity index (χ2v) is 6.98. The molecule has 0 radical (unpaired) electrons. The van der Waals surface area contributed by atoms with E-state index in [2.05, 4.69) is 5.32 Å².